The largest absolute Gasteiger partial charge is 0.436 e. The molecule has 1 aromatic carbocycles. The summed E-state index contributed by atoms with van der Waals surface area (Å²) >= 11 is 22.9. The second-order valence-electron chi connectivity index (χ2n) is 3.79. The van der Waals surface area contributed by atoms with Gasteiger partial charge in [0.2, 0.25) is 5.88 Å². The Kier molecular flexibility index (Phi) is 4.78. The van der Waals surface area contributed by atoms with Gasteiger partial charge in [-0.3, -0.25) is 0 Å². The Balaban J connectivity index is 2.39. The van der Waals surface area contributed by atoms with E-state index in [9.17, 15) is 13.2 Å². The quantitative estimate of drug-likeness (QED) is 0.557. The van der Waals surface area contributed by atoms with Crippen LogP contribution >= 0.6 is 46.4 Å². The molecule has 2 aromatic rings. The van der Waals surface area contributed by atoms with Crippen molar-refractivity contribution in [3.8, 4) is 11.6 Å². The molecule has 9 heteroatoms. The van der Waals surface area contributed by atoms with Gasteiger partial charge in [-0.15, -0.1) is 0 Å². The third-order valence-corrected chi connectivity index (χ3v) is 3.56. The number of alkyl halides is 3. The molecule has 0 spiro atoms. The SMILES string of the molecule is FC(F)(F)c1cc(Cl)c(Oc2ccc(Cl)c(Cl)n2)c(Cl)c1. The van der Waals surface area contributed by atoms with Crippen LogP contribution in [0.1, 0.15) is 5.56 Å². The first-order valence-corrected chi connectivity index (χ1v) is 6.76. The van der Waals surface area contributed by atoms with Crippen molar-refractivity contribution in [1.82, 2.24) is 4.98 Å². The number of rotatable bonds is 2. The monoisotopic (exact) mass is 375 g/mol. The van der Waals surface area contributed by atoms with E-state index in [-0.39, 0.29) is 31.9 Å². The Morgan fingerprint density at radius 1 is 0.905 bits per heavy atom. The van der Waals surface area contributed by atoms with E-state index in [2.05, 4.69) is 4.98 Å². The zero-order valence-corrected chi connectivity index (χ0v) is 12.8. The molecule has 2 rings (SSSR count). The molecule has 0 atom stereocenters. The normalized spacial score (nSPS) is 11.6. The van der Waals surface area contributed by atoms with E-state index in [0.29, 0.717) is 12.1 Å². The van der Waals surface area contributed by atoms with E-state index in [1.54, 1.807) is 0 Å². The predicted octanol–water partition coefficient (Wildman–Crippen LogP) is 6.51. The third kappa shape index (κ3) is 3.86. The van der Waals surface area contributed by atoms with E-state index in [1.165, 1.54) is 12.1 Å². The molecule has 0 aliphatic carbocycles. The number of benzene rings is 1. The summed E-state index contributed by atoms with van der Waals surface area (Å²) in [5.41, 5.74) is -0.980. The maximum absolute atomic E-state index is 12.6. The topological polar surface area (TPSA) is 22.1 Å². The molecular formula is C12H4Cl4F3NO. The summed E-state index contributed by atoms with van der Waals surface area (Å²) in [5.74, 6) is -0.162. The molecule has 0 bridgehead atoms. The number of halogens is 7. The fourth-order valence-corrected chi connectivity index (χ4v) is 2.20. The van der Waals surface area contributed by atoms with Gasteiger partial charge in [-0.25, -0.2) is 0 Å². The van der Waals surface area contributed by atoms with Gasteiger partial charge in [0.25, 0.3) is 0 Å². The standard InChI is InChI=1S/C12H4Cl4F3NO/c13-6-1-2-9(20-11(6)16)21-10-7(14)3-5(4-8(10)15)12(17,18)19/h1-4H. The maximum Gasteiger partial charge on any atom is 0.416 e. The highest BCUT2D eigenvalue weighted by Gasteiger charge is 2.32. The zero-order chi connectivity index (χ0) is 15.8. The van der Waals surface area contributed by atoms with Crippen LogP contribution in [0.15, 0.2) is 24.3 Å². The van der Waals surface area contributed by atoms with Crippen molar-refractivity contribution in [2.45, 2.75) is 6.18 Å². The van der Waals surface area contributed by atoms with E-state index in [1.807, 2.05) is 0 Å². The molecule has 0 aliphatic heterocycles. The summed E-state index contributed by atoms with van der Waals surface area (Å²) in [6.45, 7) is 0. The molecule has 112 valence electrons. The van der Waals surface area contributed by atoms with E-state index < -0.39 is 11.7 Å². The molecule has 0 fully saturated rings. The van der Waals surface area contributed by atoms with Gasteiger partial charge in [0.1, 0.15) is 0 Å². The molecule has 0 unspecified atom stereocenters. The first kappa shape index (κ1) is 16.5. The van der Waals surface area contributed by atoms with Gasteiger partial charge in [-0.05, 0) is 18.2 Å². The third-order valence-electron chi connectivity index (χ3n) is 2.31. The lowest BCUT2D eigenvalue weighted by Crippen LogP contribution is -2.05. The average molecular weight is 377 g/mol. The Morgan fingerprint density at radius 2 is 1.48 bits per heavy atom. The first-order valence-electron chi connectivity index (χ1n) is 5.24. The van der Waals surface area contributed by atoms with Crippen LogP contribution < -0.4 is 4.74 Å². The van der Waals surface area contributed by atoms with Crippen molar-refractivity contribution < 1.29 is 17.9 Å². The lowest BCUT2D eigenvalue weighted by Gasteiger charge is -2.12. The molecule has 0 saturated heterocycles. The van der Waals surface area contributed by atoms with Crippen LogP contribution in [0.2, 0.25) is 20.2 Å². The lowest BCUT2D eigenvalue weighted by atomic mass is 10.2. The summed E-state index contributed by atoms with van der Waals surface area (Å²) in [5, 5.41) is -0.424. The van der Waals surface area contributed by atoms with Crippen LogP contribution in [0.4, 0.5) is 13.2 Å². The Morgan fingerprint density at radius 3 is 1.95 bits per heavy atom. The molecule has 0 amide bonds. The summed E-state index contributed by atoms with van der Waals surface area (Å²) in [6, 6.07) is 4.21. The number of hydrogen-bond acceptors (Lipinski definition) is 2. The second-order valence-corrected chi connectivity index (χ2v) is 5.37. The van der Waals surface area contributed by atoms with Crippen molar-refractivity contribution in [2.24, 2.45) is 0 Å². The van der Waals surface area contributed by atoms with Crippen molar-refractivity contribution in [3.05, 3.63) is 50.0 Å². The second kappa shape index (κ2) is 6.08. The molecule has 1 heterocycles. The summed E-state index contributed by atoms with van der Waals surface area (Å²) in [4.78, 5) is 3.79. The maximum atomic E-state index is 12.6. The summed E-state index contributed by atoms with van der Waals surface area (Å²) in [6.07, 6.45) is -4.56. The minimum Gasteiger partial charge on any atom is -0.436 e. The smallest absolute Gasteiger partial charge is 0.416 e. The highest BCUT2D eigenvalue weighted by molar-refractivity contribution is 6.41. The van der Waals surface area contributed by atoms with Crippen molar-refractivity contribution in [1.29, 1.82) is 0 Å². The number of hydrogen-bond donors (Lipinski definition) is 0. The highest BCUT2D eigenvalue weighted by atomic mass is 35.5. The Hall–Kier alpha value is -0.880. The minimum absolute atomic E-state index is 0.00652. The molecule has 0 saturated carbocycles. The lowest BCUT2D eigenvalue weighted by molar-refractivity contribution is -0.137. The number of pyridine rings is 1. The number of nitrogens with zero attached hydrogens (tertiary/aromatic N) is 1. The van der Waals surface area contributed by atoms with Crippen molar-refractivity contribution in [3.63, 3.8) is 0 Å². The minimum atomic E-state index is -4.56. The molecule has 0 radical (unpaired) electrons. The molecule has 1 aromatic heterocycles. The highest BCUT2D eigenvalue weighted by Crippen LogP contribution is 2.41. The van der Waals surface area contributed by atoms with Gasteiger partial charge in [0, 0.05) is 6.07 Å². The zero-order valence-electron chi connectivity index (χ0n) is 9.81. The fraction of sp³-hybridized carbons (Fsp3) is 0.0833. The molecule has 0 aliphatic rings. The molecule has 0 N–H and O–H groups in total. The number of ether oxygens (including phenoxy) is 1. The van der Waals surface area contributed by atoms with Gasteiger partial charge < -0.3 is 4.74 Å². The van der Waals surface area contributed by atoms with E-state index >= 15 is 0 Å². The van der Waals surface area contributed by atoms with Gasteiger partial charge in [-0.1, -0.05) is 46.4 Å². The van der Waals surface area contributed by atoms with Crippen LogP contribution in [-0.2, 0) is 6.18 Å². The summed E-state index contributed by atoms with van der Waals surface area (Å²) < 4.78 is 43.1. The molecule has 2 nitrogen and oxygen atoms in total. The van der Waals surface area contributed by atoms with Crippen LogP contribution in [0.3, 0.4) is 0 Å². The first-order chi connectivity index (χ1) is 9.68. The van der Waals surface area contributed by atoms with Gasteiger partial charge in [-0.2, -0.15) is 18.2 Å². The van der Waals surface area contributed by atoms with Crippen LogP contribution in [-0.4, -0.2) is 4.98 Å². The van der Waals surface area contributed by atoms with E-state index in [0.717, 1.165) is 0 Å². The Labute approximate surface area is 137 Å². The van der Waals surface area contributed by atoms with Gasteiger partial charge >= 0.3 is 6.18 Å². The van der Waals surface area contributed by atoms with Crippen molar-refractivity contribution >= 4 is 46.4 Å². The predicted molar refractivity (Wildman–Crippen MR) is 75.8 cm³/mol. The van der Waals surface area contributed by atoms with Gasteiger partial charge in [0.05, 0.1) is 20.6 Å². The molecular weight excluding hydrogens is 373 g/mol. The van der Waals surface area contributed by atoms with Crippen LogP contribution in [0.5, 0.6) is 11.6 Å². The fourth-order valence-electron chi connectivity index (χ4n) is 1.38. The average Bonchev–Trinajstić information content (AvgIpc) is 2.36. The van der Waals surface area contributed by atoms with Crippen LogP contribution in [0, 0.1) is 0 Å². The molecule has 21 heavy (non-hydrogen) atoms. The number of aromatic nitrogens is 1. The van der Waals surface area contributed by atoms with Crippen LogP contribution in [0.25, 0.3) is 0 Å². The van der Waals surface area contributed by atoms with E-state index in [4.69, 9.17) is 51.1 Å². The van der Waals surface area contributed by atoms with Crippen molar-refractivity contribution in [2.75, 3.05) is 0 Å². The van der Waals surface area contributed by atoms with Gasteiger partial charge in [0.15, 0.2) is 10.9 Å². The Bertz CT molecular complexity index is 668. The summed E-state index contributed by atoms with van der Waals surface area (Å²) in [7, 11) is 0.